The Hall–Kier alpha value is -1.35. The van der Waals surface area contributed by atoms with E-state index >= 15 is 0 Å². The molecule has 2 aliphatic rings. The van der Waals surface area contributed by atoms with Crippen LogP contribution in [0, 0.1) is 5.41 Å². The lowest BCUT2D eigenvalue weighted by atomic mass is 9.65. The monoisotopic (exact) mass is 258 g/mol. The van der Waals surface area contributed by atoms with Crippen molar-refractivity contribution in [2.75, 3.05) is 11.9 Å². The van der Waals surface area contributed by atoms with E-state index in [1.165, 1.54) is 24.8 Å². The first-order valence-electron chi connectivity index (χ1n) is 7.12. The first kappa shape index (κ1) is 12.7. The number of nitrogens with two attached hydrogens (primary N) is 1. The molecule has 0 radical (unpaired) electrons. The maximum absolute atomic E-state index is 11.9. The van der Waals surface area contributed by atoms with E-state index in [0.29, 0.717) is 5.41 Å². The van der Waals surface area contributed by atoms with Crippen LogP contribution >= 0.6 is 0 Å². The molecular formula is C16H22N2O. The molecule has 1 fully saturated rings. The number of benzene rings is 1. The van der Waals surface area contributed by atoms with Crippen molar-refractivity contribution in [2.24, 2.45) is 11.1 Å². The van der Waals surface area contributed by atoms with Crippen molar-refractivity contribution in [1.82, 2.24) is 0 Å². The highest BCUT2D eigenvalue weighted by atomic mass is 16.2. The molecule has 3 heteroatoms. The van der Waals surface area contributed by atoms with E-state index in [1.807, 2.05) is 19.9 Å². The molecule has 1 amide bonds. The average molecular weight is 258 g/mol. The molecule has 3 rings (SSSR count). The van der Waals surface area contributed by atoms with Gasteiger partial charge in [-0.25, -0.2) is 0 Å². The van der Waals surface area contributed by atoms with Crippen molar-refractivity contribution in [3.8, 4) is 0 Å². The third-order valence-electron chi connectivity index (χ3n) is 5.00. The fourth-order valence-electron chi connectivity index (χ4n) is 3.29. The summed E-state index contributed by atoms with van der Waals surface area (Å²) in [5.74, 6) is 0.0943. The summed E-state index contributed by atoms with van der Waals surface area (Å²) in [7, 11) is 0. The number of anilines is 1. The van der Waals surface area contributed by atoms with Gasteiger partial charge in [-0.3, -0.25) is 4.79 Å². The van der Waals surface area contributed by atoms with Crippen molar-refractivity contribution in [3.05, 3.63) is 29.3 Å². The van der Waals surface area contributed by atoms with Crippen molar-refractivity contribution in [2.45, 2.75) is 44.9 Å². The average Bonchev–Trinajstić information content (AvgIpc) is 2.56. The number of nitrogens with one attached hydrogen (secondary N) is 1. The number of hydrogen-bond acceptors (Lipinski definition) is 2. The summed E-state index contributed by atoms with van der Waals surface area (Å²) >= 11 is 0. The number of fused-ring (bicyclic) bond motifs is 1. The lowest BCUT2D eigenvalue weighted by Gasteiger charge is -2.41. The van der Waals surface area contributed by atoms with Crippen LogP contribution in [0.15, 0.2) is 18.2 Å². The molecule has 1 aliphatic carbocycles. The van der Waals surface area contributed by atoms with Gasteiger partial charge in [0.2, 0.25) is 5.91 Å². The van der Waals surface area contributed by atoms with Crippen LogP contribution in [-0.2, 0) is 16.6 Å². The standard InChI is InChI=1S/C16H22N2O/c1-15(2)12-8-11(4-5-13(12)18-14(15)19)9-16(10-17)6-3-7-16/h4-5,8H,3,6-7,9-10,17H2,1-2H3,(H,18,19). The first-order valence-corrected chi connectivity index (χ1v) is 7.12. The van der Waals surface area contributed by atoms with Gasteiger partial charge in [0, 0.05) is 5.69 Å². The van der Waals surface area contributed by atoms with Gasteiger partial charge in [0.05, 0.1) is 5.41 Å². The minimum Gasteiger partial charge on any atom is -0.330 e. The second-order valence-electron chi connectivity index (χ2n) is 6.69. The van der Waals surface area contributed by atoms with Gasteiger partial charge >= 0.3 is 0 Å². The zero-order valence-corrected chi connectivity index (χ0v) is 11.8. The lowest BCUT2D eigenvalue weighted by Crippen LogP contribution is -2.39. The van der Waals surface area contributed by atoms with Crippen molar-refractivity contribution in [3.63, 3.8) is 0 Å². The van der Waals surface area contributed by atoms with Crippen LogP contribution in [0.1, 0.15) is 44.2 Å². The second-order valence-corrected chi connectivity index (χ2v) is 6.69. The minimum absolute atomic E-state index is 0.0943. The number of hydrogen-bond donors (Lipinski definition) is 2. The lowest BCUT2D eigenvalue weighted by molar-refractivity contribution is -0.119. The van der Waals surface area contributed by atoms with Crippen LogP contribution < -0.4 is 11.1 Å². The molecule has 19 heavy (non-hydrogen) atoms. The third-order valence-corrected chi connectivity index (χ3v) is 5.00. The van der Waals surface area contributed by atoms with Crippen LogP contribution in [-0.4, -0.2) is 12.5 Å². The molecule has 1 aliphatic heterocycles. The molecular weight excluding hydrogens is 236 g/mol. The number of amides is 1. The molecule has 3 N–H and O–H groups in total. The topological polar surface area (TPSA) is 55.1 Å². The van der Waals surface area contributed by atoms with E-state index in [-0.39, 0.29) is 5.91 Å². The Morgan fingerprint density at radius 1 is 1.32 bits per heavy atom. The van der Waals surface area contributed by atoms with E-state index in [9.17, 15) is 4.79 Å². The van der Waals surface area contributed by atoms with Gasteiger partial charge in [-0.05, 0) is 62.3 Å². The Morgan fingerprint density at radius 2 is 2.05 bits per heavy atom. The summed E-state index contributed by atoms with van der Waals surface area (Å²) in [6, 6.07) is 6.37. The third kappa shape index (κ3) is 1.88. The summed E-state index contributed by atoms with van der Waals surface area (Å²) in [6.07, 6.45) is 4.82. The smallest absolute Gasteiger partial charge is 0.234 e. The predicted molar refractivity (Wildman–Crippen MR) is 77.1 cm³/mol. The summed E-state index contributed by atoms with van der Waals surface area (Å²) in [6.45, 7) is 4.74. The Morgan fingerprint density at radius 3 is 2.63 bits per heavy atom. The quantitative estimate of drug-likeness (QED) is 0.875. The highest BCUT2D eigenvalue weighted by molar-refractivity contribution is 6.05. The van der Waals surface area contributed by atoms with Crippen molar-refractivity contribution in [1.29, 1.82) is 0 Å². The van der Waals surface area contributed by atoms with Crippen molar-refractivity contribution < 1.29 is 4.79 Å². The molecule has 0 bridgehead atoms. The van der Waals surface area contributed by atoms with Crippen LogP contribution in [0.3, 0.4) is 0 Å². The van der Waals surface area contributed by atoms with Crippen LogP contribution in [0.5, 0.6) is 0 Å². The Bertz CT molecular complexity index is 524. The fourth-order valence-corrected chi connectivity index (χ4v) is 3.29. The molecule has 1 aromatic rings. The van der Waals surface area contributed by atoms with Gasteiger partial charge in [0.15, 0.2) is 0 Å². The normalized spacial score (nSPS) is 22.6. The van der Waals surface area contributed by atoms with Gasteiger partial charge in [-0.2, -0.15) is 0 Å². The van der Waals surface area contributed by atoms with Crippen molar-refractivity contribution >= 4 is 11.6 Å². The Balaban J connectivity index is 1.90. The minimum atomic E-state index is -0.416. The van der Waals surface area contributed by atoms with E-state index < -0.39 is 5.41 Å². The predicted octanol–water partition coefficient (Wildman–Crippen LogP) is 2.59. The maximum Gasteiger partial charge on any atom is 0.234 e. The molecule has 0 unspecified atom stereocenters. The highest BCUT2D eigenvalue weighted by Gasteiger charge is 2.39. The van der Waals surface area contributed by atoms with E-state index in [2.05, 4.69) is 17.4 Å². The SMILES string of the molecule is CC1(C)C(=O)Nc2ccc(CC3(CN)CCC3)cc21. The molecule has 0 saturated heterocycles. The van der Waals surface area contributed by atoms with Gasteiger partial charge in [0.25, 0.3) is 0 Å². The number of rotatable bonds is 3. The molecule has 0 atom stereocenters. The van der Waals surface area contributed by atoms with E-state index in [4.69, 9.17) is 5.73 Å². The molecule has 1 heterocycles. The molecule has 3 nitrogen and oxygen atoms in total. The van der Waals surface area contributed by atoms with E-state index in [0.717, 1.165) is 24.2 Å². The van der Waals surface area contributed by atoms with Crippen LogP contribution in [0.2, 0.25) is 0 Å². The zero-order chi connectivity index (χ0) is 13.7. The van der Waals surface area contributed by atoms with Crippen LogP contribution in [0.4, 0.5) is 5.69 Å². The highest BCUT2D eigenvalue weighted by Crippen LogP contribution is 2.44. The largest absolute Gasteiger partial charge is 0.330 e. The van der Waals surface area contributed by atoms with Gasteiger partial charge in [-0.1, -0.05) is 18.6 Å². The summed E-state index contributed by atoms with van der Waals surface area (Å²) in [5, 5.41) is 2.96. The molecule has 1 saturated carbocycles. The Labute approximate surface area is 114 Å². The number of carbonyl (C=O) groups is 1. The molecule has 0 aromatic heterocycles. The molecule has 102 valence electrons. The summed E-state index contributed by atoms with van der Waals surface area (Å²) in [4.78, 5) is 11.9. The summed E-state index contributed by atoms with van der Waals surface area (Å²) < 4.78 is 0. The number of carbonyl (C=O) groups excluding carboxylic acids is 1. The van der Waals surface area contributed by atoms with Gasteiger partial charge in [-0.15, -0.1) is 0 Å². The van der Waals surface area contributed by atoms with Gasteiger partial charge < -0.3 is 11.1 Å². The zero-order valence-electron chi connectivity index (χ0n) is 11.8. The molecule has 1 aromatic carbocycles. The van der Waals surface area contributed by atoms with Crippen LogP contribution in [0.25, 0.3) is 0 Å². The fraction of sp³-hybridized carbons (Fsp3) is 0.562. The second kappa shape index (κ2) is 4.07. The maximum atomic E-state index is 11.9. The first-order chi connectivity index (χ1) is 8.97. The Kier molecular flexibility index (Phi) is 2.72. The summed E-state index contributed by atoms with van der Waals surface area (Å²) in [5.41, 5.74) is 9.24. The molecule has 0 spiro atoms. The van der Waals surface area contributed by atoms with E-state index in [1.54, 1.807) is 0 Å². The van der Waals surface area contributed by atoms with Gasteiger partial charge in [0.1, 0.15) is 0 Å².